The number of H-pyrrole nitrogens is 1. The van der Waals surface area contributed by atoms with E-state index in [9.17, 15) is 9.90 Å². The lowest BCUT2D eigenvalue weighted by molar-refractivity contribution is -0.139. The van der Waals surface area contributed by atoms with Gasteiger partial charge in [-0.3, -0.25) is 4.79 Å². The molecule has 1 aromatic carbocycles. The number of ether oxygens (including phenoxy) is 1. The Morgan fingerprint density at radius 2 is 2.07 bits per heavy atom. The number of carboxylic acids is 1. The molecule has 0 radical (unpaired) electrons. The van der Waals surface area contributed by atoms with Crippen LogP contribution < -0.4 is 4.74 Å². The summed E-state index contributed by atoms with van der Waals surface area (Å²) in [5.41, 5.74) is 1.91. The molecule has 28 heavy (non-hydrogen) atoms. The predicted octanol–water partition coefficient (Wildman–Crippen LogP) is 3.86. The number of hydrogen-bond acceptors (Lipinski definition) is 4. The quantitative estimate of drug-likeness (QED) is 0.789. The fourth-order valence-electron chi connectivity index (χ4n) is 5.12. The molecule has 2 atom stereocenters. The summed E-state index contributed by atoms with van der Waals surface area (Å²) >= 11 is 0. The molecule has 2 aromatic rings. The number of benzene rings is 1. The molecule has 6 nitrogen and oxygen atoms in total. The van der Waals surface area contributed by atoms with Gasteiger partial charge in [0, 0.05) is 31.5 Å². The van der Waals surface area contributed by atoms with Crippen LogP contribution in [0.2, 0.25) is 0 Å². The molecule has 1 saturated carbocycles. The van der Waals surface area contributed by atoms with Crippen molar-refractivity contribution < 1.29 is 14.6 Å². The van der Waals surface area contributed by atoms with Crippen molar-refractivity contribution >= 4 is 17.0 Å². The van der Waals surface area contributed by atoms with Crippen LogP contribution in [0, 0.1) is 11.8 Å². The summed E-state index contributed by atoms with van der Waals surface area (Å²) in [4.78, 5) is 22.2. The van der Waals surface area contributed by atoms with Crippen molar-refractivity contribution in [1.29, 1.82) is 0 Å². The maximum absolute atomic E-state index is 11.4. The van der Waals surface area contributed by atoms with Crippen molar-refractivity contribution in [2.45, 2.75) is 57.4 Å². The molecule has 2 N–H and O–H groups in total. The maximum atomic E-state index is 11.4. The van der Waals surface area contributed by atoms with Gasteiger partial charge in [-0.2, -0.15) is 0 Å². The molecular weight excluding hydrogens is 354 g/mol. The number of piperidine rings is 1. The molecule has 0 bridgehead atoms. The van der Waals surface area contributed by atoms with Crippen molar-refractivity contribution in [2.75, 3.05) is 20.2 Å². The summed E-state index contributed by atoms with van der Waals surface area (Å²) in [5.74, 6) is 1.63. The highest BCUT2D eigenvalue weighted by Crippen LogP contribution is 2.33. The van der Waals surface area contributed by atoms with Gasteiger partial charge in [-0.15, -0.1) is 0 Å². The van der Waals surface area contributed by atoms with Crippen LogP contribution in [0.15, 0.2) is 18.2 Å². The van der Waals surface area contributed by atoms with Crippen molar-refractivity contribution in [1.82, 2.24) is 14.9 Å². The normalized spacial score (nSPS) is 24.5. The van der Waals surface area contributed by atoms with Gasteiger partial charge in [-0.05, 0) is 49.8 Å². The van der Waals surface area contributed by atoms with Crippen molar-refractivity contribution in [3.63, 3.8) is 0 Å². The summed E-state index contributed by atoms with van der Waals surface area (Å²) in [6.07, 6.45) is 8.64. The Bertz CT molecular complexity index is 812. The number of aromatic nitrogens is 2. The molecule has 1 aliphatic carbocycles. The first-order valence-corrected chi connectivity index (χ1v) is 10.6. The number of aliphatic carboxylic acids is 1. The molecule has 6 heteroatoms. The van der Waals surface area contributed by atoms with Gasteiger partial charge in [0.1, 0.15) is 11.6 Å². The minimum atomic E-state index is -0.685. The minimum absolute atomic E-state index is 0.222. The maximum Gasteiger partial charge on any atom is 0.303 e. The lowest BCUT2D eigenvalue weighted by atomic mass is 9.79. The van der Waals surface area contributed by atoms with E-state index >= 15 is 0 Å². The number of aromatic amines is 1. The molecule has 1 aliphatic heterocycles. The van der Waals surface area contributed by atoms with Crippen LogP contribution in [-0.4, -0.2) is 52.2 Å². The zero-order valence-electron chi connectivity index (χ0n) is 16.7. The van der Waals surface area contributed by atoms with Gasteiger partial charge in [0.05, 0.1) is 18.1 Å². The number of carboxylic acid groups (broad SMARTS) is 1. The second-order valence-corrected chi connectivity index (χ2v) is 8.46. The van der Waals surface area contributed by atoms with Crippen molar-refractivity contribution in [3.05, 3.63) is 24.0 Å². The number of carbonyl (C=O) groups is 1. The van der Waals surface area contributed by atoms with Gasteiger partial charge in [0.25, 0.3) is 0 Å². The molecule has 1 saturated heterocycles. The van der Waals surface area contributed by atoms with Gasteiger partial charge in [-0.25, -0.2) is 4.98 Å². The molecule has 0 spiro atoms. The molecule has 1 aromatic heterocycles. The number of imidazole rings is 1. The van der Waals surface area contributed by atoms with Crippen LogP contribution in [0.4, 0.5) is 0 Å². The van der Waals surface area contributed by atoms with Crippen molar-refractivity contribution in [2.24, 2.45) is 11.8 Å². The van der Waals surface area contributed by atoms with Gasteiger partial charge < -0.3 is 19.7 Å². The van der Waals surface area contributed by atoms with Gasteiger partial charge in [0.2, 0.25) is 0 Å². The summed E-state index contributed by atoms with van der Waals surface area (Å²) < 4.78 is 5.30. The van der Waals surface area contributed by atoms with E-state index in [1.807, 2.05) is 18.2 Å². The minimum Gasteiger partial charge on any atom is -0.497 e. The van der Waals surface area contributed by atoms with Crippen molar-refractivity contribution in [3.8, 4) is 5.75 Å². The highest BCUT2D eigenvalue weighted by molar-refractivity contribution is 5.76. The van der Waals surface area contributed by atoms with Gasteiger partial charge >= 0.3 is 5.97 Å². The molecule has 2 aliphatic rings. The van der Waals surface area contributed by atoms with E-state index in [-0.39, 0.29) is 12.3 Å². The Balaban J connectivity index is 1.51. The largest absolute Gasteiger partial charge is 0.497 e. The molecule has 4 rings (SSSR count). The second-order valence-electron chi connectivity index (χ2n) is 8.46. The Labute approximate surface area is 166 Å². The van der Waals surface area contributed by atoms with Crippen LogP contribution >= 0.6 is 0 Å². The molecule has 152 valence electrons. The smallest absolute Gasteiger partial charge is 0.303 e. The predicted molar refractivity (Wildman–Crippen MR) is 109 cm³/mol. The van der Waals surface area contributed by atoms with Crippen LogP contribution in [0.25, 0.3) is 11.0 Å². The number of nitrogens with zero attached hydrogens (tertiary/aromatic N) is 2. The Morgan fingerprint density at radius 3 is 2.82 bits per heavy atom. The first-order valence-electron chi connectivity index (χ1n) is 10.6. The van der Waals surface area contributed by atoms with Crippen LogP contribution in [0.1, 0.15) is 50.8 Å². The van der Waals surface area contributed by atoms with E-state index in [4.69, 9.17) is 9.72 Å². The number of likely N-dealkylation sites (tertiary alicyclic amines) is 1. The Hall–Kier alpha value is -2.08. The third kappa shape index (κ3) is 4.32. The van der Waals surface area contributed by atoms with Crippen LogP contribution in [-0.2, 0) is 11.2 Å². The molecule has 2 fully saturated rings. The fraction of sp³-hybridized carbons (Fsp3) is 0.636. The second kappa shape index (κ2) is 8.52. The average molecular weight is 386 g/mol. The Kier molecular flexibility index (Phi) is 5.85. The first-order chi connectivity index (χ1) is 13.6. The van der Waals surface area contributed by atoms with E-state index in [2.05, 4.69) is 9.88 Å². The number of nitrogens with one attached hydrogen (secondary N) is 1. The number of hydrogen-bond donors (Lipinski definition) is 2. The van der Waals surface area contributed by atoms with E-state index in [0.717, 1.165) is 48.5 Å². The highest BCUT2D eigenvalue weighted by atomic mass is 16.5. The zero-order chi connectivity index (χ0) is 19.5. The third-order valence-electron chi connectivity index (χ3n) is 6.64. The molecule has 2 unspecified atom stereocenters. The SMILES string of the molecule is COc1ccc2nc(CC3CN(C4CCCCC4)CCC3CC(=O)O)[nH]c2c1. The molecule has 2 heterocycles. The van der Waals surface area contributed by atoms with E-state index < -0.39 is 5.97 Å². The van der Waals surface area contributed by atoms with E-state index in [1.165, 1.54) is 32.1 Å². The standard InChI is InChI=1S/C22H31N3O3/c1-28-18-7-8-19-20(13-18)24-21(23-19)11-16-14-25(17-5-3-2-4-6-17)10-9-15(16)12-22(26)27/h7-8,13,15-17H,2-6,9-12,14H2,1H3,(H,23,24)(H,26,27). The summed E-state index contributed by atoms with van der Waals surface area (Å²) in [7, 11) is 1.66. The highest BCUT2D eigenvalue weighted by Gasteiger charge is 2.34. The zero-order valence-corrected chi connectivity index (χ0v) is 16.7. The lowest BCUT2D eigenvalue weighted by Crippen LogP contribution is -2.47. The fourth-order valence-corrected chi connectivity index (χ4v) is 5.12. The van der Waals surface area contributed by atoms with Gasteiger partial charge in [0.15, 0.2) is 0 Å². The Morgan fingerprint density at radius 1 is 1.25 bits per heavy atom. The van der Waals surface area contributed by atoms with E-state index in [1.54, 1.807) is 7.11 Å². The summed E-state index contributed by atoms with van der Waals surface area (Å²) in [6.45, 7) is 2.03. The summed E-state index contributed by atoms with van der Waals surface area (Å²) in [5, 5.41) is 9.39. The van der Waals surface area contributed by atoms with Crippen LogP contribution in [0.3, 0.4) is 0 Å². The summed E-state index contributed by atoms with van der Waals surface area (Å²) in [6, 6.07) is 6.54. The molecular formula is C22H31N3O3. The first kappa shape index (κ1) is 19.2. The topological polar surface area (TPSA) is 78.4 Å². The number of fused-ring (bicyclic) bond motifs is 1. The van der Waals surface area contributed by atoms with Gasteiger partial charge in [-0.1, -0.05) is 19.3 Å². The lowest BCUT2D eigenvalue weighted by Gasteiger charge is -2.43. The average Bonchev–Trinajstić information content (AvgIpc) is 3.11. The number of methoxy groups -OCH3 is 1. The number of rotatable bonds is 6. The molecule has 0 amide bonds. The van der Waals surface area contributed by atoms with E-state index in [0.29, 0.717) is 12.0 Å². The monoisotopic (exact) mass is 385 g/mol. The third-order valence-corrected chi connectivity index (χ3v) is 6.64. The van der Waals surface area contributed by atoms with Crippen LogP contribution in [0.5, 0.6) is 5.75 Å².